The van der Waals surface area contributed by atoms with Crippen molar-refractivity contribution < 1.29 is 4.74 Å². The van der Waals surface area contributed by atoms with E-state index in [0.717, 1.165) is 24.2 Å². The molecule has 0 saturated heterocycles. The monoisotopic (exact) mass is 293 g/mol. The Labute approximate surface area is 133 Å². The molecule has 2 aromatic carbocycles. The number of rotatable bonds is 6. The Morgan fingerprint density at radius 2 is 1.68 bits per heavy atom. The van der Waals surface area contributed by atoms with Gasteiger partial charge in [-0.1, -0.05) is 42.5 Å². The van der Waals surface area contributed by atoms with E-state index in [2.05, 4.69) is 39.0 Å². The molecule has 2 nitrogen and oxygen atoms in total. The normalized spacial score (nSPS) is 11.7. The summed E-state index contributed by atoms with van der Waals surface area (Å²) in [7, 11) is 0. The second-order valence-corrected chi connectivity index (χ2v) is 5.74. The second-order valence-electron chi connectivity index (χ2n) is 5.74. The predicted molar refractivity (Wildman–Crippen MR) is 90.2 cm³/mol. The van der Waals surface area contributed by atoms with Crippen molar-refractivity contribution in [1.82, 2.24) is 0 Å². The summed E-state index contributed by atoms with van der Waals surface area (Å²) in [6, 6.07) is 16.6. The second kappa shape index (κ2) is 7.66. The molecule has 0 aliphatic rings. The van der Waals surface area contributed by atoms with Crippen molar-refractivity contribution >= 4 is 0 Å². The Balaban J connectivity index is 1.90. The molecule has 0 N–H and O–H groups in total. The van der Waals surface area contributed by atoms with Crippen LogP contribution in [0.15, 0.2) is 42.5 Å². The highest BCUT2D eigenvalue weighted by atomic mass is 16.5. The van der Waals surface area contributed by atoms with Crippen LogP contribution in [0.5, 0.6) is 5.75 Å². The first-order valence-electron chi connectivity index (χ1n) is 7.77. The van der Waals surface area contributed by atoms with Gasteiger partial charge in [-0.05, 0) is 55.9 Å². The molecule has 0 fully saturated rings. The van der Waals surface area contributed by atoms with Gasteiger partial charge in [-0.2, -0.15) is 5.26 Å². The topological polar surface area (TPSA) is 33.0 Å². The van der Waals surface area contributed by atoms with E-state index in [-0.39, 0.29) is 5.92 Å². The molecule has 0 aliphatic heterocycles. The standard InChI is InChI=1S/C20H23NO/c1-15-11-12-16(2)20(17(15)3)22-13-7-10-19(14-21)18-8-5-4-6-9-18/h4-6,8-9,11-12,19H,7,10,13H2,1-3H3. The van der Waals surface area contributed by atoms with Crippen molar-refractivity contribution in [2.24, 2.45) is 0 Å². The molecule has 2 heteroatoms. The maximum atomic E-state index is 9.33. The van der Waals surface area contributed by atoms with Gasteiger partial charge < -0.3 is 4.74 Å². The van der Waals surface area contributed by atoms with Gasteiger partial charge in [-0.25, -0.2) is 0 Å². The lowest BCUT2D eigenvalue weighted by atomic mass is 9.96. The molecule has 22 heavy (non-hydrogen) atoms. The summed E-state index contributed by atoms with van der Waals surface area (Å²) in [6.45, 7) is 6.92. The highest BCUT2D eigenvalue weighted by Gasteiger charge is 2.11. The summed E-state index contributed by atoms with van der Waals surface area (Å²) >= 11 is 0. The number of hydrogen-bond donors (Lipinski definition) is 0. The lowest BCUT2D eigenvalue weighted by Gasteiger charge is -2.15. The van der Waals surface area contributed by atoms with Crippen LogP contribution in [0.3, 0.4) is 0 Å². The highest BCUT2D eigenvalue weighted by molar-refractivity contribution is 5.44. The lowest BCUT2D eigenvalue weighted by Crippen LogP contribution is -2.04. The molecular weight excluding hydrogens is 270 g/mol. The van der Waals surface area contributed by atoms with Crippen molar-refractivity contribution in [2.45, 2.75) is 39.5 Å². The zero-order chi connectivity index (χ0) is 15.9. The summed E-state index contributed by atoms with van der Waals surface area (Å²) in [5.41, 5.74) is 4.72. The van der Waals surface area contributed by atoms with E-state index in [1.165, 1.54) is 16.7 Å². The fraction of sp³-hybridized carbons (Fsp3) is 0.350. The zero-order valence-electron chi connectivity index (χ0n) is 13.6. The minimum atomic E-state index is -0.0514. The fourth-order valence-electron chi connectivity index (χ4n) is 2.60. The fourth-order valence-corrected chi connectivity index (χ4v) is 2.60. The molecule has 0 radical (unpaired) electrons. The van der Waals surface area contributed by atoms with Crippen LogP contribution >= 0.6 is 0 Å². The largest absolute Gasteiger partial charge is 0.493 e. The van der Waals surface area contributed by atoms with Crippen LogP contribution in [0.2, 0.25) is 0 Å². The van der Waals surface area contributed by atoms with Crippen LogP contribution in [-0.2, 0) is 0 Å². The zero-order valence-corrected chi connectivity index (χ0v) is 13.6. The van der Waals surface area contributed by atoms with E-state index in [4.69, 9.17) is 4.74 Å². The van der Waals surface area contributed by atoms with Crippen molar-refractivity contribution in [1.29, 1.82) is 5.26 Å². The molecule has 0 heterocycles. The van der Waals surface area contributed by atoms with E-state index in [9.17, 15) is 5.26 Å². The highest BCUT2D eigenvalue weighted by Crippen LogP contribution is 2.26. The van der Waals surface area contributed by atoms with Gasteiger partial charge in [-0.15, -0.1) is 0 Å². The third kappa shape index (κ3) is 3.89. The van der Waals surface area contributed by atoms with Crippen LogP contribution in [-0.4, -0.2) is 6.61 Å². The van der Waals surface area contributed by atoms with Gasteiger partial charge in [0.15, 0.2) is 0 Å². The minimum absolute atomic E-state index is 0.0514. The van der Waals surface area contributed by atoms with Crippen LogP contribution in [0.1, 0.15) is 41.0 Å². The third-order valence-corrected chi connectivity index (χ3v) is 4.11. The molecule has 0 amide bonds. The summed E-state index contributed by atoms with van der Waals surface area (Å²) < 4.78 is 5.97. The Morgan fingerprint density at radius 3 is 2.36 bits per heavy atom. The van der Waals surface area contributed by atoms with E-state index in [1.54, 1.807) is 0 Å². The van der Waals surface area contributed by atoms with Gasteiger partial charge in [0.2, 0.25) is 0 Å². The predicted octanol–water partition coefficient (Wildman–Crippen LogP) is 5.08. The lowest BCUT2D eigenvalue weighted by molar-refractivity contribution is 0.301. The number of nitrogens with zero attached hydrogens (tertiary/aromatic N) is 1. The number of aryl methyl sites for hydroxylation is 2. The Morgan fingerprint density at radius 1 is 1.00 bits per heavy atom. The van der Waals surface area contributed by atoms with E-state index < -0.39 is 0 Å². The van der Waals surface area contributed by atoms with Crippen LogP contribution in [0.25, 0.3) is 0 Å². The maximum Gasteiger partial charge on any atom is 0.125 e. The van der Waals surface area contributed by atoms with Gasteiger partial charge in [0.25, 0.3) is 0 Å². The molecule has 0 spiro atoms. The summed E-state index contributed by atoms with van der Waals surface area (Å²) in [5, 5.41) is 9.33. The van der Waals surface area contributed by atoms with E-state index >= 15 is 0 Å². The summed E-state index contributed by atoms with van der Waals surface area (Å²) in [4.78, 5) is 0. The first-order chi connectivity index (χ1) is 10.6. The first-order valence-corrected chi connectivity index (χ1v) is 7.77. The molecule has 0 aliphatic carbocycles. The Kier molecular flexibility index (Phi) is 5.61. The van der Waals surface area contributed by atoms with Crippen molar-refractivity contribution in [3.05, 3.63) is 64.7 Å². The van der Waals surface area contributed by atoms with Crippen LogP contribution < -0.4 is 4.74 Å². The number of benzene rings is 2. The smallest absolute Gasteiger partial charge is 0.125 e. The molecule has 2 rings (SSSR count). The molecular formula is C20H23NO. The molecule has 0 aromatic heterocycles. The molecule has 114 valence electrons. The Bertz CT molecular complexity index is 655. The minimum Gasteiger partial charge on any atom is -0.493 e. The SMILES string of the molecule is Cc1ccc(C)c(OCCCC(C#N)c2ccccc2)c1C. The summed E-state index contributed by atoms with van der Waals surface area (Å²) in [6.07, 6.45) is 1.70. The molecule has 0 bridgehead atoms. The van der Waals surface area contributed by atoms with Gasteiger partial charge in [0.05, 0.1) is 18.6 Å². The third-order valence-electron chi connectivity index (χ3n) is 4.11. The average Bonchev–Trinajstić information content (AvgIpc) is 2.55. The molecule has 2 aromatic rings. The Hall–Kier alpha value is -2.27. The van der Waals surface area contributed by atoms with Gasteiger partial charge in [0, 0.05) is 0 Å². The number of hydrogen-bond acceptors (Lipinski definition) is 2. The van der Waals surface area contributed by atoms with Gasteiger partial charge in [0.1, 0.15) is 5.75 Å². The van der Waals surface area contributed by atoms with Gasteiger partial charge in [-0.3, -0.25) is 0 Å². The maximum absolute atomic E-state index is 9.33. The quantitative estimate of drug-likeness (QED) is 0.696. The number of ether oxygens (including phenoxy) is 1. The van der Waals surface area contributed by atoms with E-state index in [1.807, 2.05) is 30.3 Å². The van der Waals surface area contributed by atoms with Crippen molar-refractivity contribution in [3.63, 3.8) is 0 Å². The van der Waals surface area contributed by atoms with Crippen LogP contribution in [0.4, 0.5) is 0 Å². The summed E-state index contributed by atoms with van der Waals surface area (Å²) in [5.74, 6) is 0.942. The molecule has 1 unspecified atom stereocenters. The number of nitriles is 1. The van der Waals surface area contributed by atoms with E-state index in [0.29, 0.717) is 6.61 Å². The van der Waals surface area contributed by atoms with Crippen LogP contribution in [0, 0.1) is 32.1 Å². The molecule has 0 saturated carbocycles. The van der Waals surface area contributed by atoms with Crippen molar-refractivity contribution in [3.8, 4) is 11.8 Å². The first kappa shape index (κ1) is 16.1. The van der Waals surface area contributed by atoms with Crippen molar-refractivity contribution in [2.75, 3.05) is 6.61 Å². The average molecular weight is 293 g/mol. The molecule has 1 atom stereocenters. The van der Waals surface area contributed by atoms with Gasteiger partial charge >= 0.3 is 0 Å².